The number of hydrogen-bond donors (Lipinski definition) is 0. The van der Waals surface area contributed by atoms with Crippen molar-refractivity contribution in [3.63, 3.8) is 0 Å². The molecule has 0 saturated heterocycles. The van der Waals surface area contributed by atoms with E-state index in [1.165, 1.54) is 5.56 Å². The maximum Gasteiger partial charge on any atom is 0.130 e. The molecule has 0 bridgehead atoms. The predicted molar refractivity (Wildman–Crippen MR) is 72.2 cm³/mol. The molecule has 0 N–H and O–H groups in total. The van der Waals surface area contributed by atoms with E-state index in [-0.39, 0.29) is 0 Å². The first-order valence-corrected chi connectivity index (χ1v) is 6.25. The van der Waals surface area contributed by atoms with Crippen LogP contribution in [0.1, 0.15) is 16.8 Å². The van der Waals surface area contributed by atoms with Gasteiger partial charge in [0.1, 0.15) is 12.4 Å². The number of nitrogens with zero attached hydrogens (tertiary/aromatic N) is 1. The van der Waals surface area contributed by atoms with Crippen LogP contribution in [0.25, 0.3) is 0 Å². The summed E-state index contributed by atoms with van der Waals surface area (Å²) in [4.78, 5) is 4.27. The van der Waals surface area contributed by atoms with Gasteiger partial charge in [0.25, 0.3) is 0 Å². The van der Waals surface area contributed by atoms with Gasteiger partial charge < -0.3 is 4.74 Å². The molecule has 2 nitrogen and oxygen atoms in total. The topological polar surface area (TPSA) is 22.1 Å². The molecule has 0 spiro atoms. The van der Waals surface area contributed by atoms with Gasteiger partial charge >= 0.3 is 0 Å². The molecule has 2 rings (SSSR count). The Kier molecular flexibility index (Phi) is 3.79. The standard InChI is InChI=1S/C14H14BrNO/c1-10-3-6-14(11(2)7-10)17-9-13-5-4-12(15)8-16-13/h3-8H,9H2,1-2H3. The van der Waals surface area contributed by atoms with E-state index in [4.69, 9.17) is 4.74 Å². The van der Waals surface area contributed by atoms with Crippen LogP contribution in [0.2, 0.25) is 0 Å². The van der Waals surface area contributed by atoms with Gasteiger partial charge in [-0.05, 0) is 53.5 Å². The van der Waals surface area contributed by atoms with E-state index in [9.17, 15) is 0 Å². The molecule has 2 aromatic rings. The largest absolute Gasteiger partial charge is 0.487 e. The minimum Gasteiger partial charge on any atom is -0.487 e. The fourth-order valence-corrected chi connectivity index (χ4v) is 1.84. The highest BCUT2D eigenvalue weighted by atomic mass is 79.9. The van der Waals surface area contributed by atoms with Crippen LogP contribution in [0.5, 0.6) is 5.75 Å². The van der Waals surface area contributed by atoms with E-state index in [1.54, 1.807) is 6.20 Å². The lowest BCUT2D eigenvalue weighted by Crippen LogP contribution is -1.99. The lowest BCUT2D eigenvalue weighted by Gasteiger charge is -2.09. The van der Waals surface area contributed by atoms with Crippen LogP contribution < -0.4 is 4.74 Å². The zero-order valence-electron chi connectivity index (χ0n) is 9.90. The minimum atomic E-state index is 0.497. The first-order valence-electron chi connectivity index (χ1n) is 5.45. The zero-order chi connectivity index (χ0) is 12.3. The third kappa shape index (κ3) is 3.30. The number of aryl methyl sites for hydroxylation is 2. The maximum absolute atomic E-state index is 5.74. The summed E-state index contributed by atoms with van der Waals surface area (Å²) in [5, 5.41) is 0. The Morgan fingerprint density at radius 1 is 1.18 bits per heavy atom. The number of aromatic nitrogens is 1. The minimum absolute atomic E-state index is 0.497. The highest BCUT2D eigenvalue weighted by Gasteiger charge is 2.01. The summed E-state index contributed by atoms with van der Waals surface area (Å²) >= 11 is 3.36. The van der Waals surface area contributed by atoms with Crippen LogP contribution in [0.3, 0.4) is 0 Å². The molecule has 0 atom stereocenters. The number of pyridine rings is 1. The summed E-state index contributed by atoms with van der Waals surface area (Å²) in [7, 11) is 0. The van der Waals surface area contributed by atoms with Crippen LogP contribution in [0.4, 0.5) is 0 Å². The van der Waals surface area contributed by atoms with E-state index in [2.05, 4.69) is 46.9 Å². The predicted octanol–water partition coefficient (Wildman–Crippen LogP) is 4.04. The molecule has 1 aromatic heterocycles. The lowest BCUT2D eigenvalue weighted by atomic mass is 10.1. The van der Waals surface area contributed by atoms with Crippen molar-refractivity contribution in [3.05, 3.63) is 57.8 Å². The smallest absolute Gasteiger partial charge is 0.130 e. The third-order valence-electron chi connectivity index (χ3n) is 2.49. The molecular formula is C14H14BrNO. The van der Waals surface area contributed by atoms with Crippen LogP contribution in [-0.2, 0) is 6.61 Å². The van der Waals surface area contributed by atoms with E-state index >= 15 is 0 Å². The zero-order valence-corrected chi connectivity index (χ0v) is 11.5. The van der Waals surface area contributed by atoms with Crippen molar-refractivity contribution in [1.82, 2.24) is 4.98 Å². The Bertz CT molecular complexity index is 508. The van der Waals surface area contributed by atoms with E-state index in [0.717, 1.165) is 21.5 Å². The molecular weight excluding hydrogens is 278 g/mol. The summed E-state index contributed by atoms with van der Waals surface area (Å²) in [5.74, 6) is 0.917. The third-order valence-corrected chi connectivity index (χ3v) is 2.96. The number of halogens is 1. The second-order valence-corrected chi connectivity index (χ2v) is 4.94. The van der Waals surface area contributed by atoms with Crippen molar-refractivity contribution in [2.24, 2.45) is 0 Å². The summed E-state index contributed by atoms with van der Waals surface area (Å²) in [6, 6.07) is 10.1. The van der Waals surface area contributed by atoms with Gasteiger partial charge in [0.2, 0.25) is 0 Å². The number of ether oxygens (including phenoxy) is 1. The van der Waals surface area contributed by atoms with Gasteiger partial charge in [-0.15, -0.1) is 0 Å². The molecule has 3 heteroatoms. The van der Waals surface area contributed by atoms with E-state index in [1.807, 2.05) is 18.2 Å². The Morgan fingerprint density at radius 2 is 2.00 bits per heavy atom. The van der Waals surface area contributed by atoms with E-state index < -0.39 is 0 Å². The summed E-state index contributed by atoms with van der Waals surface area (Å²) < 4.78 is 6.72. The average molecular weight is 292 g/mol. The van der Waals surface area contributed by atoms with Crippen molar-refractivity contribution < 1.29 is 4.74 Å². The molecule has 1 aromatic carbocycles. The average Bonchev–Trinajstić information content (AvgIpc) is 2.30. The van der Waals surface area contributed by atoms with Crippen molar-refractivity contribution in [1.29, 1.82) is 0 Å². The first kappa shape index (κ1) is 12.1. The van der Waals surface area contributed by atoms with Crippen LogP contribution in [-0.4, -0.2) is 4.98 Å². The van der Waals surface area contributed by atoms with Crippen LogP contribution >= 0.6 is 15.9 Å². The molecule has 0 aliphatic heterocycles. The summed E-state index contributed by atoms with van der Waals surface area (Å²) in [5.41, 5.74) is 3.33. The van der Waals surface area contributed by atoms with Gasteiger partial charge in [0, 0.05) is 10.7 Å². The van der Waals surface area contributed by atoms with Crippen molar-refractivity contribution >= 4 is 15.9 Å². The van der Waals surface area contributed by atoms with E-state index in [0.29, 0.717) is 6.61 Å². The van der Waals surface area contributed by atoms with Gasteiger partial charge in [0.05, 0.1) is 5.69 Å². The molecule has 0 aliphatic rings. The molecule has 0 aliphatic carbocycles. The highest BCUT2D eigenvalue weighted by molar-refractivity contribution is 9.10. The van der Waals surface area contributed by atoms with Crippen molar-refractivity contribution in [2.75, 3.05) is 0 Å². The van der Waals surface area contributed by atoms with Crippen molar-refractivity contribution in [2.45, 2.75) is 20.5 Å². The van der Waals surface area contributed by atoms with Crippen LogP contribution in [0, 0.1) is 13.8 Å². The number of hydrogen-bond acceptors (Lipinski definition) is 2. The molecule has 0 unspecified atom stereocenters. The molecule has 17 heavy (non-hydrogen) atoms. The molecule has 0 fully saturated rings. The van der Waals surface area contributed by atoms with Crippen molar-refractivity contribution in [3.8, 4) is 5.75 Å². The maximum atomic E-state index is 5.74. The Labute approximate surface area is 110 Å². The fraction of sp³-hybridized carbons (Fsp3) is 0.214. The second-order valence-electron chi connectivity index (χ2n) is 4.03. The first-order chi connectivity index (χ1) is 8.15. The highest BCUT2D eigenvalue weighted by Crippen LogP contribution is 2.19. The lowest BCUT2D eigenvalue weighted by molar-refractivity contribution is 0.299. The quantitative estimate of drug-likeness (QED) is 0.851. The number of rotatable bonds is 3. The monoisotopic (exact) mass is 291 g/mol. The Morgan fingerprint density at radius 3 is 2.65 bits per heavy atom. The summed E-state index contributed by atoms with van der Waals surface area (Å²) in [6.07, 6.45) is 1.78. The summed E-state index contributed by atoms with van der Waals surface area (Å²) in [6.45, 7) is 4.63. The van der Waals surface area contributed by atoms with Gasteiger partial charge in [-0.3, -0.25) is 4.98 Å². The Hall–Kier alpha value is -1.35. The molecule has 0 saturated carbocycles. The Balaban J connectivity index is 2.04. The second kappa shape index (κ2) is 5.32. The van der Waals surface area contributed by atoms with Crippen LogP contribution in [0.15, 0.2) is 41.0 Å². The number of benzene rings is 1. The molecule has 0 amide bonds. The molecule has 0 radical (unpaired) electrons. The van der Waals surface area contributed by atoms with Gasteiger partial charge in [-0.2, -0.15) is 0 Å². The molecule has 88 valence electrons. The fourth-order valence-electron chi connectivity index (χ4n) is 1.60. The SMILES string of the molecule is Cc1ccc(OCc2ccc(Br)cn2)c(C)c1. The normalized spacial score (nSPS) is 10.3. The van der Waals surface area contributed by atoms with Gasteiger partial charge in [-0.25, -0.2) is 0 Å². The van der Waals surface area contributed by atoms with Gasteiger partial charge in [0.15, 0.2) is 0 Å². The van der Waals surface area contributed by atoms with Gasteiger partial charge in [-0.1, -0.05) is 17.7 Å². The molecule has 1 heterocycles.